The quantitative estimate of drug-likeness (QED) is 0.132. The van der Waals surface area contributed by atoms with Crippen molar-refractivity contribution in [1.29, 1.82) is 0 Å². The molecule has 0 fully saturated rings. The lowest BCUT2D eigenvalue weighted by Crippen LogP contribution is -2.24. The van der Waals surface area contributed by atoms with Gasteiger partial charge in [0.1, 0.15) is 15.7 Å². The van der Waals surface area contributed by atoms with Crippen molar-refractivity contribution in [2.75, 3.05) is 11.1 Å². The van der Waals surface area contributed by atoms with Gasteiger partial charge >= 0.3 is 0 Å². The number of rotatable bonds is 8. The molecule has 0 atom stereocenters. The van der Waals surface area contributed by atoms with Crippen molar-refractivity contribution in [2.24, 2.45) is 0 Å². The van der Waals surface area contributed by atoms with Crippen LogP contribution in [0.15, 0.2) is 112 Å². The van der Waals surface area contributed by atoms with Crippen molar-refractivity contribution in [3.8, 4) is 21.7 Å². The highest BCUT2D eigenvalue weighted by Gasteiger charge is 2.19. The normalized spacial score (nSPS) is 11.3. The molecule has 0 unspecified atom stereocenters. The van der Waals surface area contributed by atoms with Gasteiger partial charge in [0.05, 0.1) is 27.9 Å². The Morgan fingerprint density at radius 1 is 0.933 bits per heavy atom. The number of thiazole rings is 1. The molecule has 3 heterocycles. The third-order valence-corrected chi connectivity index (χ3v) is 10.2. The molecule has 0 spiro atoms. The van der Waals surface area contributed by atoms with Gasteiger partial charge in [-0.2, -0.15) is 0 Å². The topological polar surface area (TPSA) is 76.9 Å². The van der Waals surface area contributed by atoms with Crippen LogP contribution in [-0.2, 0) is 11.3 Å². The zero-order valence-electron chi connectivity index (χ0n) is 24.0. The molecule has 0 saturated heterocycles. The highest BCUT2D eigenvalue weighted by atomic mass is 32.2. The Morgan fingerprint density at radius 2 is 1.69 bits per heavy atom. The van der Waals surface area contributed by atoms with Crippen LogP contribution in [0.25, 0.3) is 42.1 Å². The van der Waals surface area contributed by atoms with Gasteiger partial charge in [0.15, 0.2) is 5.16 Å². The molecule has 1 N–H and O–H groups in total. The number of aromatic nitrogens is 3. The van der Waals surface area contributed by atoms with Gasteiger partial charge in [-0.3, -0.25) is 14.2 Å². The first kappa shape index (κ1) is 29.1. The van der Waals surface area contributed by atoms with Crippen LogP contribution in [0.1, 0.15) is 11.1 Å². The average molecular weight is 649 g/mol. The number of carbonyl (C=O) groups is 1. The van der Waals surface area contributed by atoms with Crippen molar-refractivity contribution in [2.45, 2.75) is 18.6 Å². The van der Waals surface area contributed by atoms with Gasteiger partial charge in [-0.05, 0) is 72.1 Å². The molecule has 6 nitrogen and oxygen atoms in total. The number of thiophene rings is 1. The number of halogens is 1. The van der Waals surface area contributed by atoms with Crippen molar-refractivity contribution in [3.63, 3.8) is 0 Å². The molecule has 222 valence electrons. The van der Waals surface area contributed by atoms with E-state index >= 15 is 0 Å². The van der Waals surface area contributed by atoms with Crippen molar-refractivity contribution < 1.29 is 9.18 Å². The van der Waals surface area contributed by atoms with E-state index in [-0.39, 0.29) is 23.0 Å². The number of fused-ring (bicyclic) bond motifs is 2. The number of hydrogen-bond donors (Lipinski definition) is 1. The fraction of sp³-hybridized carbons (Fsp3) is 0.0857. The summed E-state index contributed by atoms with van der Waals surface area (Å²) in [6.45, 7) is 2.37. The Morgan fingerprint density at radius 3 is 2.47 bits per heavy atom. The number of nitrogens with zero attached hydrogens (tertiary/aromatic N) is 3. The van der Waals surface area contributed by atoms with E-state index in [0.717, 1.165) is 31.9 Å². The van der Waals surface area contributed by atoms with E-state index in [4.69, 9.17) is 9.97 Å². The minimum atomic E-state index is -0.339. The van der Waals surface area contributed by atoms with Gasteiger partial charge in [-0.25, -0.2) is 14.4 Å². The molecule has 0 aliphatic carbocycles. The fourth-order valence-electron chi connectivity index (χ4n) is 5.04. The van der Waals surface area contributed by atoms with Crippen LogP contribution in [0.4, 0.5) is 10.1 Å². The van der Waals surface area contributed by atoms with Gasteiger partial charge in [0, 0.05) is 22.2 Å². The maximum absolute atomic E-state index is 14.0. The van der Waals surface area contributed by atoms with Gasteiger partial charge < -0.3 is 5.32 Å². The average Bonchev–Trinajstić information content (AvgIpc) is 3.67. The van der Waals surface area contributed by atoms with Gasteiger partial charge in [-0.1, -0.05) is 60.3 Å². The van der Waals surface area contributed by atoms with E-state index < -0.39 is 0 Å². The summed E-state index contributed by atoms with van der Waals surface area (Å²) < 4.78 is 16.4. The molecule has 1 amide bonds. The Hall–Kier alpha value is -4.64. The number of anilines is 1. The Kier molecular flexibility index (Phi) is 8.01. The third kappa shape index (κ3) is 6.17. The SMILES string of the molecule is Cc1ccc2nc(-c3ccc(NC(=O)CSc4nc5scc(-c6ccc(F)cc6)c5c(=O)n4Cc4ccccc4)cc3)sc2c1. The van der Waals surface area contributed by atoms with E-state index in [2.05, 4.69) is 24.4 Å². The maximum Gasteiger partial charge on any atom is 0.263 e. The van der Waals surface area contributed by atoms with Gasteiger partial charge in [0.2, 0.25) is 5.91 Å². The molecule has 0 radical (unpaired) electrons. The van der Waals surface area contributed by atoms with E-state index in [1.807, 2.05) is 66.0 Å². The molecule has 7 rings (SSSR count). The lowest BCUT2D eigenvalue weighted by Gasteiger charge is -2.13. The summed E-state index contributed by atoms with van der Waals surface area (Å²) in [4.78, 5) is 37.2. The lowest BCUT2D eigenvalue weighted by molar-refractivity contribution is -0.113. The van der Waals surface area contributed by atoms with Crippen LogP contribution in [0.5, 0.6) is 0 Å². The molecule has 0 saturated carbocycles. The zero-order valence-corrected chi connectivity index (χ0v) is 26.4. The maximum atomic E-state index is 14.0. The summed E-state index contributed by atoms with van der Waals surface area (Å²) in [5.41, 5.74) is 6.03. The molecule has 0 aliphatic rings. The number of aryl methyl sites for hydroxylation is 1. The van der Waals surface area contributed by atoms with E-state index in [1.165, 1.54) is 40.8 Å². The predicted molar refractivity (Wildman–Crippen MR) is 184 cm³/mol. The number of nitrogens with one attached hydrogen (secondary N) is 1. The molecule has 0 bridgehead atoms. The van der Waals surface area contributed by atoms with Crippen LogP contribution in [0.2, 0.25) is 0 Å². The Bertz CT molecular complexity index is 2220. The number of amides is 1. The first-order chi connectivity index (χ1) is 21.9. The van der Waals surface area contributed by atoms with Crippen LogP contribution in [0.3, 0.4) is 0 Å². The van der Waals surface area contributed by atoms with Crippen LogP contribution in [0, 0.1) is 12.7 Å². The molecular weight excluding hydrogens is 624 g/mol. The standard InChI is InChI=1S/C35H25FN4O2S3/c1-21-7-16-28-29(17-21)45-32(38-28)24-10-14-26(15-11-24)37-30(41)20-44-35-39-33-31(27(19-43-33)23-8-12-25(36)13-9-23)34(42)40(35)18-22-5-3-2-4-6-22/h2-17,19H,18,20H2,1H3,(H,37,41). The van der Waals surface area contributed by atoms with Gasteiger partial charge in [0.25, 0.3) is 5.56 Å². The molecule has 10 heteroatoms. The largest absolute Gasteiger partial charge is 0.325 e. The van der Waals surface area contributed by atoms with Crippen molar-refractivity contribution >= 4 is 66.5 Å². The molecule has 3 aromatic heterocycles. The zero-order chi connectivity index (χ0) is 30.9. The lowest BCUT2D eigenvalue weighted by atomic mass is 10.1. The molecular formula is C35H25FN4O2S3. The van der Waals surface area contributed by atoms with Gasteiger partial charge in [-0.15, -0.1) is 22.7 Å². The number of carbonyl (C=O) groups excluding carboxylic acids is 1. The Labute approximate surface area is 270 Å². The summed E-state index contributed by atoms with van der Waals surface area (Å²) >= 11 is 4.22. The Balaban J connectivity index is 1.12. The smallest absolute Gasteiger partial charge is 0.263 e. The summed E-state index contributed by atoms with van der Waals surface area (Å²) in [7, 11) is 0. The van der Waals surface area contributed by atoms with Crippen LogP contribution < -0.4 is 10.9 Å². The summed E-state index contributed by atoms with van der Waals surface area (Å²) in [5, 5.41) is 6.70. The monoisotopic (exact) mass is 648 g/mol. The number of thioether (sulfide) groups is 1. The first-order valence-electron chi connectivity index (χ1n) is 14.1. The number of hydrogen-bond acceptors (Lipinski definition) is 7. The second-order valence-electron chi connectivity index (χ2n) is 10.5. The van der Waals surface area contributed by atoms with Crippen molar-refractivity contribution in [1.82, 2.24) is 14.5 Å². The molecule has 45 heavy (non-hydrogen) atoms. The van der Waals surface area contributed by atoms with E-state index in [0.29, 0.717) is 33.2 Å². The van der Waals surface area contributed by atoms with Crippen molar-refractivity contribution in [3.05, 3.63) is 130 Å². The summed E-state index contributed by atoms with van der Waals surface area (Å²) in [6, 6.07) is 29.6. The fourth-order valence-corrected chi connectivity index (χ4v) is 7.90. The molecule has 0 aliphatic heterocycles. The minimum absolute atomic E-state index is 0.0713. The molecule has 4 aromatic carbocycles. The highest BCUT2D eigenvalue weighted by Crippen LogP contribution is 2.33. The highest BCUT2D eigenvalue weighted by molar-refractivity contribution is 7.99. The van der Waals surface area contributed by atoms with Crippen LogP contribution >= 0.6 is 34.4 Å². The van der Waals surface area contributed by atoms with Crippen LogP contribution in [-0.4, -0.2) is 26.2 Å². The number of benzene rings is 4. The summed E-state index contributed by atoms with van der Waals surface area (Å²) in [6.07, 6.45) is 0. The van der Waals surface area contributed by atoms with E-state index in [1.54, 1.807) is 28.0 Å². The first-order valence-corrected chi connectivity index (χ1v) is 16.8. The predicted octanol–water partition coefficient (Wildman–Crippen LogP) is 8.63. The third-order valence-electron chi connectivity index (χ3n) is 7.29. The van der Waals surface area contributed by atoms with E-state index in [9.17, 15) is 14.0 Å². The second kappa shape index (κ2) is 12.4. The second-order valence-corrected chi connectivity index (χ2v) is 13.3. The molecule has 7 aromatic rings. The minimum Gasteiger partial charge on any atom is -0.325 e. The summed E-state index contributed by atoms with van der Waals surface area (Å²) in [5.74, 6) is -0.474.